The van der Waals surface area contributed by atoms with Crippen molar-refractivity contribution >= 4 is 23.1 Å². The molecule has 0 aromatic heterocycles. The summed E-state index contributed by atoms with van der Waals surface area (Å²) in [5, 5.41) is 6.16. The fourth-order valence-electron chi connectivity index (χ4n) is 3.81. The second kappa shape index (κ2) is 8.57. The van der Waals surface area contributed by atoms with Crippen LogP contribution in [0.25, 0.3) is 0 Å². The van der Waals surface area contributed by atoms with Crippen molar-refractivity contribution in [2.45, 2.75) is 13.3 Å². The van der Waals surface area contributed by atoms with Crippen molar-refractivity contribution in [2.24, 2.45) is 5.10 Å². The first-order valence-corrected chi connectivity index (χ1v) is 10.1. The van der Waals surface area contributed by atoms with E-state index in [1.165, 1.54) is 0 Å². The van der Waals surface area contributed by atoms with E-state index >= 15 is 0 Å². The highest BCUT2D eigenvalue weighted by Crippen LogP contribution is 2.18. The van der Waals surface area contributed by atoms with E-state index in [-0.39, 0.29) is 11.7 Å². The third kappa shape index (κ3) is 4.54. The number of Topliss-reactive ketones (excluding diaryl/α,β-unsaturated/α-hetero) is 1. The molecule has 0 bridgehead atoms. The van der Waals surface area contributed by atoms with Crippen LogP contribution >= 0.6 is 0 Å². The van der Waals surface area contributed by atoms with Gasteiger partial charge in [0.05, 0.1) is 18.8 Å². The van der Waals surface area contributed by atoms with Crippen LogP contribution < -0.4 is 4.90 Å². The van der Waals surface area contributed by atoms with E-state index in [4.69, 9.17) is 0 Å². The van der Waals surface area contributed by atoms with Crippen molar-refractivity contribution < 1.29 is 9.59 Å². The second-order valence-electron chi connectivity index (χ2n) is 7.55. The molecule has 1 fully saturated rings. The third-order valence-corrected chi connectivity index (χ3v) is 5.57. The van der Waals surface area contributed by atoms with E-state index < -0.39 is 0 Å². The predicted octanol–water partition coefficient (Wildman–Crippen LogP) is 2.65. The number of anilines is 1. The summed E-state index contributed by atoms with van der Waals surface area (Å²) in [6.45, 7) is 6.05. The Bertz CT molecular complexity index is 900. The Balaban J connectivity index is 1.29. The zero-order valence-electron chi connectivity index (χ0n) is 16.8. The summed E-state index contributed by atoms with van der Waals surface area (Å²) in [4.78, 5) is 28.6. The largest absolute Gasteiger partial charge is 0.369 e. The molecule has 2 aromatic carbocycles. The van der Waals surface area contributed by atoms with Crippen molar-refractivity contribution in [2.75, 3.05) is 44.2 Å². The molecule has 0 atom stereocenters. The molecule has 0 aliphatic carbocycles. The number of ketones is 1. The zero-order valence-corrected chi connectivity index (χ0v) is 16.8. The Morgan fingerprint density at radius 2 is 1.59 bits per heavy atom. The Hall–Kier alpha value is -2.99. The number of hydrogen-bond donors (Lipinski definition) is 0. The number of piperazine rings is 1. The van der Waals surface area contributed by atoms with E-state index in [1.807, 2.05) is 54.6 Å². The molecule has 1 saturated heterocycles. The molecular weight excluding hydrogens is 364 g/mol. The minimum absolute atomic E-state index is 0.0650. The number of benzene rings is 2. The standard InChI is InChI=1S/C23H26N4O2/c1-18(28)19-7-9-21(10-8-19)26-15-13-25(14-16-26)17-23(29)27-12-11-22(24-27)20-5-3-2-4-6-20/h2-10H,11-17H2,1H3. The molecule has 0 unspecified atom stereocenters. The lowest BCUT2D eigenvalue weighted by Gasteiger charge is -2.36. The van der Waals surface area contributed by atoms with Crippen LogP contribution in [0, 0.1) is 0 Å². The van der Waals surface area contributed by atoms with Gasteiger partial charge in [0.15, 0.2) is 5.78 Å². The first-order chi connectivity index (χ1) is 14.1. The lowest BCUT2D eigenvalue weighted by Crippen LogP contribution is -2.49. The minimum Gasteiger partial charge on any atom is -0.369 e. The van der Waals surface area contributed by atoms with E-state index in [0.29, 0.717) is 13.1 Å². The van der Waals surface area contributed by atoms with Gasteiger partial charge >= 0.3 is 0 Å². The molecule has 0 radical (unpaired) electrons. The van der Waals surface area contributed by atoms with Crippen molar-refractivity contribution in [3.63, 3.8) is 0 Å². The predicted molar refractivity (Wildman–Crippen MR) is 114 cm³/mol. The Kier molecular flexibility index (Phi) is 5.71. The highest BCUT2D eigenvalue weighted by atomic mass is 16.2. The van der Waals surface area contributed by atoms with Gasteiger partial charge in [-0.1, -0.05) is 30.3 Å². The van der Waals surface area contributed by atoms with Crippen LogP contribution in [0.3, 0.4) is 0 Å². The second-order valence-corrected chi connectivity index (χ2v) is 7.55. The van der Waals surface area contributed by atoms with E-state index in [1.54, 1.807) is 11.9 Å². The smallest absolute Gasteiger partial charge is 0.256 e. The van der Waals surface area contributed by atoms with Crippen molar-refractivity contribution in [1.82, 2.24) is 9.91 Å². The number of rotatable bonds is 5. The molecule has 29 heavy (non-hydrogen) atoms. The summed E-state index contributed by atoms with van der Waals surface area (Å²) >= 11 is 0. The molecular formula is C23H26N4O2. The monoisotopic (exact) mass is 390 g/mol. The molecule has 2 heterocycles. The fraction of sp³-hybridized carbons (Fsp3) is 0.348. The number of hydrogen-bond acceptors (Lipinski definition) is 5. The lowest BCUT2D eigenvalue weighted by molar-refractivity contribution is -0.132. The van der Waals surface area contributed by atoms with Crippen LogP contribution in [-0.4, -0.2) is 66.6 Å². The quantitative estimate of drug-likeness (QED) is 0.737. The van der Waals surface area contributed by atoms with Gasteiger partial charge in [0, 0.05) is 43.9 Å². The summed E-state index contributed by atoms with van der Waals surface area (Å²) in [7, 11) is 0. The van der Waals surface area contributed by atoms with Crippen molar-refractivity contribution in [3.05, 3.63) is 65.7 Å². The maximum absolute atomic E-state index is 12.7. The average Bonchev–Trinajstić information content (AvgIpc) is 3.26. The molecule has 6 heteroatoms. The number of nitrogens with zero attached hydrogens (tertiary/aromatic N) is 4. The Morgan fingerprint density at radius 3 is 2.24 bits per heavy atom. The summed E-state index contributed by atoms with van der Waals surface area (Å²) < 4.78 is 0. The van der Waals surface area contributed by atoms with Gasteiger partial charge in [0.1, 0.15) is 0 Å². The SMILES string of the molecule is CC(=O)c1ccc(N2CCN(CC(=O)N3CCC(c4ccccc4)=N3)CC2)cc1. The number of carbonyl (C=O) groups is 2. The van der Waals surface area contributed by atoms with Gasteiger partial charge in [-0.2, -0.15) is 5.10 Å². The van der Waals surface area contributed by atoms with E-state index in [9.17, 15) is 9.59 Å². The average molecular weight is 390 g/mol. The first kappa shape index (κ1) is 19.3. The molecule has 2 aliphatic rings. The van der Waals surface area contributed by atoms with Crippen LogP contribution in [0.4, 0.5) is 5.69 Å². The minimum atomic E-state index is 0.0650. The maximum atomic E-state index is 12.7. The van der Waals surface area contributed by atoms with E-state index in [2.05, 4.69) is 14.9 Å². The lowest BCUT2D eigenvalue weighted by atomic mass is 10.1. The molecule has 4 rings (SSSR count). The van der Waals surface area contributed by atoms with Crippen LogP contribution in [0.5, 0.6) is 0 Å². The molecule has 0 spiro atoms. The van der Waals surface area contributed by atoms with Crippen molar-refractivity contribution in [3.8, 4) is 0 Å². The molecule has 2 aromatic rings. The topological polar surface area (TPSA) is 56.2 Å². The summed E-state index contributed by atoms with van der Waals surface area (Å²) in [5.74, 6) is 0.148. The summed E-state index contributed by atoms with van der Waals surface area (Å²) in [6.07, 6.45) is 0.805. The summed E-state index contributed by atoms with van der Waals surface area (Å²) in [6, 6.07) is 17.8. The number of carbonyl (C=O) groups excluding carboxylic acids is 2. The van der Waals surface area contributed by atoms with Crippen molar-refractivity contribution in [1.29, 1.82) is 0 Å². The van der Waals surface area contributed by atoms with Gasteiger partial charge in [-0.05, 0) is 36.8 Å². The molecule has 1 amide bonds. The van der Waals surface area contributed by atoms with Gasteiger partial charge in [-0.3, -0.25) is 14.5 Å². The normalized spacial score (nSPS) is 17.3. The molecule has 150 valence electrons. The number of amides is 1. The fourth-order valence-corrected chi connectivity index (χ4v) is 3.81. The maximum Gasteiger partial charge on any atom is 0.256 e. The van der Waals surface area contributed by atoms with Crippen LogP contribution in [0.15, 0.2) is 59.7 Å². The first-order valence-electron chi connectivity index (χ1n) is 10.1. The van der Waals surface area contributed by atoms with Gasteiger partial charge in [-0.25, -0.2) is 5.01 Å². The zero-order chi connectivity index (χ0) is 20.2. The van der Waals surface area contributed by atoms with Gasteiger partial charge in [0.2, 0.25) is 0 Å². The molecule has 0 saturated carbocycles. The summed E-state index contributed by atoms with van der Waals surface area (Å²) in [5.41, 5.74) is 3.93. The molecule has 2 aliphatic heterocycles. The van der Waals surface area contributed by atoms with E-state index in [0.717, 1.165) is 55.1 Å². The van der Waals surface area contributed by atoms with Crippen LogP contribution in [-0.2, 0) is 4.79 Å². The van der Waals surface area contributed by atoms with Gasteiger partial charge < -0.3 is 4.90 Å². The van der Waals surface area contributed by atoms with Gasteiger partial charge in [-0.15, -0.1) is 0 Å². The van der Waals surface area contributed by atoms with Crippen LogP contribution in [0.2, 0.25) is 0 Å². The highest BCUT2D eigenvalue weighted by molar-refractivity contribution is 6.02. The number of hydrazone groups is 1. The third-order valence-electron chi connectivity index (χ3n) is 5.57. The Morgan fingerprint density at radius 1 is 0.897 bits per heavy atom. The molecule has 6 nitrogen and oxygen atoms in total. The van der Waals surface area contributed by atoms with Gasteiger partial charge in [0.25, 0.3) is 5.91 Å². The van der Waals surface area contributed by atoms with Crippen LogP contribution in [0.1, 0.15) is 29.3 Å². The highest BCUT2D eigenvalue weighted by Gasteiger charge is 2.25. The Labute approximate surface area is 171 Å². The molecule has 0 N–H and O–H groups in total.